The Morgan fingerprint density at radius 2 is 2.24 bits per heavy atom. The molecule has 1 aliphatic rings. The maximum absolute atomic E-state index is 11.5. The summed E-state index contributed by atoms with van der Waals surface area (Å²) in [5, 5.41) is 13.3. The van der Waals surface area contributed by atoms with Gasteiger partial charge in [0, 0.05) is 13.0 Å². The molecule has 21 heavy (non-hydrogen) atoms. The lowest BCUT2D eigenvalue weighted by atomic mass is 9.91. The van der Waals surface area contributed by atoms with Crippen molar-refractivity contribution in [3.63, 3.8) is 0 Å². The fourth-order valence-electron chi connectivity index (χ4n) is 2.27. The number of carboxylic acids is 1. The predicted molar refractivity (Wildman–Crippen MR) is 78.1 cm³/mol. The van der Waals surface area contributed by atoms with Gasteiger partial charge in [0.25, 0.3) is 0 Å². The second-order valence-corrected chi connectivity index (χ2v) is 4.98. The molecule has 2 rings (SSSR count). The largest absolute Gasteiger partial charge is 0.481 e. The standard InChI is InChI=1S/C15H20N2O4/c16-6-7-20-10-12-9-14(21-17-12)13(15(18)19)8-11-4-2-1-3-5-11/h1-5,13-14H,6-10,16H2,(H,18,19). The van der Waals surface area contributed by atoms with Crippen molar-refractivity contribution in [3.8, 4) is 0 Å². The Bertz CT molecular complexity index is 490. The molecule has 1 aromatic carbocycles. The number of nitrogens with zero attached hydrogens (tertiary/aromatic N) is 1. The summed E-state index contributed by atoms with van der Waals surface area (Å²) >= 11 is 0. The van der Waals surface area contributed by atoms with Crippen LogP contribution in [0.15, 0.2) is 35.5 Å². The van der Waals surface area contributed by atoms with Crippen molar-refractivity contribution in [2.75, 3.05) is 19.8 Å². The molecule has 6 heteroatoms. The van der Waals surface area contributed by atoms with E-state index in [1.807, 2.05) is 30.3 Å². The van der Waals surface area contributed by atoms with E-state index in [0.717, 1.165) is 11.3 Å². The molecular weight excluding hydrogens is 272 g/mol. The number of hydrogen-bond acceptors (Lipinski definition) is 5. The van der Waals surface area contributed by atoms with Crippen LogP contribution in [0.25, 0.3) is 0 Å². The highest BCUT2D eigenvalue weighted by Crippen LogP contribution is 2.23. The molecule has 114 valence electrons. The highest BCUT2D eigenvalue weighted by molar-refractivity contribution is 5.87. The molecule has 2 unspecified atom stereocenters. The van der Waals surface area contributed by atoms with Gasteiger partial charge in [-0.25, -0.2) is 0 Å². The van der Waals surface area contributed by atoms with Gasteiger partial charge in [-0.3, -0.25) is 4.79 Å². The Balaban J connectivity index is 1.90. The number of nitrogens with two attached hydrogens (primary N) is 1. The molecule has 0 aromatic heterocycles. The number of hydrogen-bond donors (Lipinski definition) is 2. The Labute approximate surface area is 123 Å². The van der Waals surface area contributed by atoms with Crippen LogP contribution in [-0.4, -0.2) is 42.7 Å². The van der Waals surface area contributed by atoms with Crippen molar-refractivity contribution in [3.05, 3.63) is 35.9 Å². The molecule has 0 saturated heterocycles. The number of benzene rings is 1. The number of oxime groups is 1. The van der Waals surface area contributed by atoms with E-state index in [0.29, 0.717) is 32.6 Å². The van der Waals surface area contributed by atoms with Gasteiger partial charge in [0.05, 0.1) is 18.9 Å². The zero-order valence-corrected chi connectivity index (χ0v) is 11.8. The first-order valence-electron chi connectivity index (χ1n) is 6.97. The predicted octanol–water partition coefficient (Wildman–Crippen LogP) is 1.05. The maximum atomic E-state index is 11.5. The summed E-state index contributed by atoms with van der Waals surface area (Å²) in [6, 6.07) is 9.52. The van der Waals surface area contributed by atoms with Crippen LogP contribution in [0, 0.1) is 5.92 Å². The van der Waals surface area contributed by atoms with Crippen LogP contribution in [0.3, 0.4) is 0 Å². The third-order valence-electron chi connectivity index (χ3n) is 3.35. The van der Waals surface area contributed by atoms with Crippen LogP contribution in [0.4, 0.5) is 0 Å². The summed E-state index contributed by atoms with van der Waals surface area (Å²) in [5.41, 5.74) is 7.04. The van der Waals surface area contributed by atoms with Crippen LogP contribution in [-0.2, 0) is 20.8 Å². The molecule has 0 radical (unpaired) electrons. The molecule has 0 spiro atoms. The number of carboxylic acid groups (broad SMARTS) is 1. The fraction of sp³-hybridized carbons (Fsp3) is 0.467. The molecular formula is C15H20N2O4. The molecule has 6 nitrogen and oxygen atoms in total. The number of aliphatic carboxylic acids is 1. The van der Waals surface area contributed by atoms with Crippen LogP contribution >= 0.6 is 0 Å². The highest BCUT2D eigenvalue weighted by Gasteiger charge is 2.34. The van der Waals surface area contributed by atoms with E-state index in [9.17, 15) is 9.90 Å². The quantitative estimate of drug-likeness (QED) is 0.698. The summed E-state index contributed by atoms with van der Waals surface area (Å²) in [4.78, 5) is 16.8. The molecule has 0 saturated carbocycles. The summed E-state index contributed by atoms with van der Waals surface area (Å²) in [7, 11) is 0. The van der Waals surface area contributed by atoms with Crippen molar-refractivity contribution < 1.29 is 19.5 Å². The van der Waals surface area contributed by atoms with Gasteiger partial charge >= 0.3 is 5.97 Å². The van der Waals surface area contributed by atoms with Gasteiger partial charge in [0.15, 0.2) is 0 Å². The van der Waals surface area contributed by atoms with E-state index in [2.05, 4.69) is 5.16 Å². The van der Waals surface area contributed by atoms with E-state index in [1.54, 1.807) is 0 Å². The second kappa shape index (κ2) is 7.75. The molecule has 0 aliphatic carbocycles. The molecule has 3 N–H and O–H groups in total. The zero-order chi connectivity index (χ0) is 15.1. The molecule has 2 atom stereocenters. The first-order chi connectivity index (χ1) is 10.2. The number of carbonyl (C=O) groups is 1. The normalized spacial score (nSPS) is 18.9. The Morgan fingerprint density at radius 1 is 1.48 bits per heavy atom. The van der Waals surface area contributed by atoms with E-state index in [-0.39, 0.29) is 0 Å². The molecule has 0 fully saturated rings. The minimum atomic E-state index is -0.872. The third kappa shape index (κ3) is 4.54. The van der Waals surface area contributed by atoms with E-state index < -0.39 is 18.0 Å². The summed E-state index contributed by atoms with van der Waals surface area (Å²) < 4.78 is 5.29. The van der Waals surface area contributed by atoms with Gasteiger partial charge in [0.2, 0.25) is 0 Å². The average molecular weight is 292 g/mol. The van der Waals surface area contributed by atoms with Gasteiger partial charge < -0.3 is 20.4 Å². The Hall–Kier alpha value is -1.92. The lowest BCUT2D eigenvalue weighted by Crippen LogP contribution is -2.30. The molecule has 0 bridgehead atoms. The second-order valence-electron chi connectivity index (χ2n) is 4.98. The zero-order valence-electron chi connectivity index (χ0n) is 11.8. The summed E-state index contributed by atoms with van der Waals surface area (Å²) in [5.74, 6) is -1.49. The van der Waals surface area contributed by atoms with Crippen molar-refractivity contribution in [1.29, 1.82) is 0 Å². The Kier molecular flexibility index (Phi) is 5.71. The fourth-order valence-corrected chi connectivity index (χ4v) is 2.27. The smallest absolute Gasteiger partial charge is 0.310 e. The first-order valence-corrected chi connectivity index (χ1v) is 6.97. The molecule has 1 aliphatic heterocycles. The van der Waals surface area contributed by atoms with Crippen LogP contribution < -0.4 is 5.73 Å². The van der Waals surface area contributed by atoms with Gasteiger partial charge in [-0.15, -0.1) is 0 Å². The SMILES string of the molecule is NCCOCC1=NOC(C(Cc2ccccc2)C(=O)O)C1. The highest BCUT2D eigenvalue weighted by atomic mass is 16.6. The lowest BCUT2D eigenvalue weighted by molar-refractivity contribution is -0.146. The van der Waals surface area contributed by atoms with Gasteiger partial charge in [-0.2, -0.15) is 0 Å². The lowest BCUT2D eigenvalue weighted by Gasteiger charge is -2.17. The number of ether oxygens (including phenoxy) is 1. The van der Waals surface area contributed by atoms with Gasteiger partial charge in [0.1, 0.15) is 12.0 Å². The van der Waals surface area contributed by atoms with E-state index >= 15 is 0 Å². The van der Waals surface area contributed by atoms with Crippen molar-refractivity contribution in [2.45, 2.75) is 18.9 Å². The van der Waals surface area contributed by atoms with Crippen molar-refractivity contribution >= 4 is 11.7 Å². The minimum Gasteiger partial charge on any atom is -0.481 e. The minimum absolute atomic E-state index is 0.339. The van der Waals surface area contributed by atoms with Crippen LogP contribution in [0.5, 0.6) is 0 Å². The van der Waals surface area contributed by atoms with E-state index in [1.165, 1.54) is 0 Å². The van der Waals surface area contributed by atoms with Gasteiger partial charge in [-0.1, -0.05) is 35.5 Å². The molecule has 1 heterocycles. The Morgan fingerprint density at radius 3 is 2.90 bits per heavy atom. The molecule has 1 aromatic rings. The van der Waals surface area contributed by atoms with Gasteiger partial charge in [-0.05, 0) is 12.0 Å². The monoisotopic (exact) mass is 292 g/mol. The third-order valence-corrected chi connectivity index (χ3v) is 3.35. The van der Waals surface area contributed by atoms with Crippen molar-refractivity contribution in [2.24, 2.45) is 16.8 Å². The average Bonchev–Trinajstić information content (AvgIpc) is 2.94. The van der Waals surface area contributed by atoms with Crippen molar-refractivity contribution in [1.82, 2.24) is 0 Å². The first kappa shape index (κ1) is 15.5. The maximum Gasteiger partial charge on any atom is 0.310 e. The molecule has 0 amide bonds. The van der Waals surface area contributed by atoms with Crippen LogP contribution in [0.1, 0.15) is 12.0 Å². The van der Waals surface area contributed by atoms with E-state index in [4.69, 9.17) is 15.3 Å². The number of rotatable bonds is 8. The van der Waals surface area contributed by atoms with Crippen LogP contribution in [0.2, 0.25) is 0 Å². The topological polar surface area (TPSA) is 94.1 Å². The summed E-state index contributed by atoms with van der Waals surface area (Å²) in [6.45, 7) is 1.24. The summed E-state index contributed by atoms with van der Waals surface area (Å²) in [6.07, 6.45) is 0.459.